The second-order valence-electron chi connectivity index (χ2n) is 1.65. The quantitative estimate of drug-likeness (QED) is 0.258. The van der Waals surface area contributed by atoms with Crippen LogP contribution in [0.25, 0.3) is 0 Å². The van der Waals surface area contributed by atoms with Crippen molar-refractivity contribution in [2.24, 2.45) is 4.99 Å². The highest BCUT2D eigenvalue weighted by Crippen LogP contribution is 1.78. The number of rotatable bonds is 0. The monoisotopic (exact) mass is 111 g/mol. The molecule has 0 amide bonds. The van der Waals surface area contributed by atoms with Gasteiger partial charge in [-0.1, -0.05) is 0 Å². The Morgan fingerprint density at radius 1 is 1.62 bits per heavy atom. The standard InChI is InChI=1S/C5H9N3/c1-5(7-4-6)8(2)3/h1-3H3/b7-5-. The fourth-order valence-electron chi connectivity index (χ4n) is 0.172. The molecule has 0 heterocycles. The molecule has 0 atom stereocenters. The van der Waals surface area contributed by atoms with E-state index in [0.29, 0.717) is 0 Å². The summed E-state index contributed by atoms with van der Waals surface area (Å²) in [6.45, 7) is 1.78. The maximum absolute atomic E-state index is 8.02. The average molecular weight is 111 g/mol. The summed E-state index contributed by atoms with van der Waals surface area (Å²) in [6.07, 6.45) is 1.70. The van der Waals surface area contributed by atoms with Gasteiger partial charge >= 0.3 is 0 Å². The van der Waals surface area contributed by atoms with Gasteiger partial charge in [0.15, 0.2) is 0 Å². The van der Waals surface area contributed by atoms with Crippen molar-refractivity contribution >= 4 is 5.84 Å². The van der Waals surface area contributed by atoms with Crippen molar-refractivity contribution < 1.29 is 0 Å². The minimum absolute atomic E-state index is 0.729. The number of amidine groups is 1. The second-order valence-corrected chi connectivity index (χ2v) is 1.65. The highest BCUT2D eigenvalue weighted by atomic mass is 15.1. The third kappa shape index (κ3) is 2.19. The summed E-state index contributed by atoms with van der Waals surface area (Å²) in [7, 11) is 3.69. The van der Waals surface area contributed by atoms with Gasteiger partial charge in [-0.2, -0.15) is 10.3 Å². The number of aliphatic imine (C=N–C) groups is 1. The summed E-state index contributed by atoms with van der Waals surface area (Å²) in [5, 5.41) is 8.02. The van der Waals surface area contributed by atoms with Crippen LogP contribution in [0.2, 0.25) is 0 Å². The van der Waals surface area contributed by atoms with Crippen molar-refractivity contribution in [3.63, 3.8) is 0 Å². The van der Waals surface area contributed by atoms with Crippen LogP contribution in [0, 0.1) is 11.5 Å². The van der Waals surface area contributed by atoms with Gasteiger partial charge in [0.1, 0.15) is 5.84 Å². The molecule has 0 rings (SSSR count). The van der Waals surface area contributed by atoms with Crippen LogP contribution in [0.5, 0.6) is 0 Å². The van der Waals surface area contributed by atoms with Crippen molar-refractivity contribution in [2.45, 2.75) is 6.92 Å². The van der Waals surface area contributed by atoms with Gasteiger partial charge in [-0.25, -0.2) is 0 Å². The maximum atomic E-state index is 8.02. The van der Waals surface area contributed by atoms with Crippen LogP contribution in [0.15, 0.2) is 4.99 Å². The van der Waals surface area contributed by atoms with E-state index in [9.17, 15) is 0 Å². The van der Waals surface area contributed by atoms with Crippen LogP contribution in [0.4, 0.5) is 0 Å². The molecule has 0 radical (unpaired) electrons. The lowest BCUT2D eigenvalue weighted by atomic mass is 10.6. The van der Waals surface area contributed by atoms with E-state index in [1.54, 1.807) is 18.0 Å². The Labute approximate surface area is 49.2 Å². The SMILES string of the molecule is C/C(=N/C#N)N(C)C. The average Bonchev–Trinajstić information content (AvgIpc) is 1.67. The van der Waals surface area contributed by atoms with Crippen molar-refractivity contribution in [2.75, 3.05) is 14.1 Å². The van der Waals surface area contributed by atoms with Gasteiger partial charge in [0.05, 0.1) is 0 Å². The van der Waals surface area contributed by atoms with E-state index in [4.69, 9.17) is 5.26 Å². The first-order valence-corrected chi connectivity index (χ1v) is 2.29. The fourth-order valence-corrected chi connectivity index (χ4v) is 0.172. The van der Waals surface area contributed by atoms with Crippen LogP contribution in [0.1, 0.15) is 6.92 Å². The van der Waals surface area contributed by atoms with Gasteiger partial charge in [0, 0.05) is 14.1 Å². The van der Waals surface area contributed by atoms with Gasteiger partial charge in [-0.05, 0) is 6.92 Å². The summed E-state index contributed by atoms with van der Waals surface area (Å²) in [6, 6.07) is 0. The topological polar surface area (TPSA) is 39.4 Å². The summed E-state index contributed by atoms with van der Waals surface area (Å²) in [5.41, 5.74) is 0. The molecule has 0 aliphatic rings. The summed E-state index contributed by atoms with van der Waals surface area (Å²) < 4.78 is 0. The molecule has 0 aromatic heterocycles. The van der Waals surface area contributed by atoms with Crippen LogP contribution >= 0.6 is 0 Å². The van der Waals surface area contributed by atoms with Crippen LogP contribution in [-0.2, 0) is 0 Å². The molecule has 0 spiro atoms. The third-order valence-electron chi connectivity index (χ3n) is 0.859. The Bertz CT molecular complexity index is 129. The summed E-state index contributed by atoms with van der Waals surface area (Å²) in [5.74, 6) is 0.729. The first kappa shape index (κ1) is 6.96. The lowest BCUT2D eigenvalue weighted by Crippen LogP contribution is -2.17. The van der Waals surface area contributed by atoms with E-state index in [2.05, 4.69) is 4.99 Å². The van der Waals surface area contributed by atoms with Gasteiger partial charge in [0.2, 0.25) is 6.19 Å². The Kier molecular flexibility index (Phi) is 2.63. The predicted octanol–water partition coefficient (Wildman–Crippen LogP) is 0.447. The Balaban J connectivity index is 3.85. The van der Waals surface area contributed by atoms with Crippen molar-refractivity contribution in [3.05, 3.63) is 0 Å². The Hall–Kier alpha value is -1.04. The second kappa shape index (κ2) is 3.03. The van der Waals surface area contributed by atoms with Gasteiger partial charge in [-0.3, -0.25) is 0 Å². The molecular formula is C5H9N3. The molecule has 44 valence electrons. The van der Waals surface area contributed by atoms with E-state index in [0.717, 1.165) is 5.84 Å². The highest BCUT2D eigenvalue weighted by Gasteiger charge is 1.87. The largest absolute Gasteiger partial charge is 0.366 e. The first-order chi connectivity index (χ1) is 3.68. The molecule has 0 aromatic rings. The molecule has 0 bridgehead atoms. The molecule has 0 fully saturated rings. The van der Waals surface area contributed by atoms with Crippen molar-refractivity contribution in [1.82, 2.24) is 4.90 Å². The molecule has 0 aliphatic heterocycles. The maximum Gasteiger partial charge on any atom is 0.207 e. The van der Waals surface area contributed by atoms with E-state index >= 15 is 0 Å². The van der Waals surface area contributed by atoms with E-state index in [1.165, 1.54) is 0 Å². The lowest BCUT2D eigenvalue weighted by molar-refractivity contribution is 0.619. The van der Waals surface area contributed by atoms with Crippen LogP contribution < -0.4 is 0 Å². The van der Waals surface area contributed by atoms with Gasteiger partial charge < -0.3 is 4.90 Å². The molecule has 0 saturated heterocycles. The zero-order valence-electron chi connectivity index (χ0n) is 5.34. The summed E-state index contributed by atoms with van der Waals surface area (Å²) in [4.78, 5) is 5.25. The third-order valence-corrected chi connectivity index (χ3v) is 0.859. The molecule has 0 saturated carbocycles. The minimum atomic E-state index is 0.729. The normalized spacial score (nSPS) is 10.5. The van der Waals surface area contributed by atoms with E-state index < -0.39 is 0 Å². The zero-order valence-corrected chi connectivity index (χ0v) is 5.34. The van der Waals surface area contributed by atoms with E-state index in [-0.39, 0.29) is 0 Å². The number of hydrogen-bond acceptors (Lipinski definition) is 2. The molecule has 0 aromatic carbocycles. The zero-order chi connectivity index (χ0) is 6.57. The minimum Gasteiger partial charge on any atom is -0.366 e. The lowest BCUT2D eigenvalue weighted by Gasteiger charge is -2.07. The van der Waals surface area contributed by atoms with Crippen molar-refractivity contribution in [3.8, 4) is 6.19 Å². The first-order valence-electron chi connectivity index (χ1n) is 2.29. The molecule has 3 nitrogen and oxygen atoms in total. The molecule has 0 N–H and O–H groups in total. The summed E-state index contributed by atoms with van der Waals surface area (Å²) >= 11 is 0. The smallest absolute Gasteiger partial charge is 0.207 e. The predicted molar refractivity (Wildman–Crippen MR) is 32.4 cm³/mol. The molecular weight excluding hydrogens is 102 g/mol. The molecule has 8 heavy (non-hydrogen) atoms. The van der Waals surface area contributed by atoms with Crippen molar-refractivity contribution in [1.29, 1.82) is 5.26 Å². The van der Waals surface area contributed by atoms with Gasteiger partial charge in [0.25, 0.3) is 0 Å². The molecule has 3 heteroatoms. The number of nitrogens with zero attached hydrogens (tertiary/aromatic N) is 3. The van der Waals surface area contributed by atoms with Gasteiger partial charge in [-0.15, -0.1) is 0 Å². The molecule has 0 unspecified atom stereocenters. The van der Waals surface area contributed by atoms with Crippen LogP contribution in [0.3, 0.4) is 0 Å². The fraction of sp³-hybridized carbons (Fsp3) is 0.600. The Morgan fingerprint density at radius 3 is 2.25 bits per heavy atom. The highest BCUT2D eigenvalue weighted by molar-refractivity contribution is 5.79. The number of hydrogen-bond donors (Lipinski definition) is 0. The molecule has 0 aliphatic carbocycles. The number of nitriles is 1. The van der Waals surface area contributed by atoms with E-state index in [1.807, 2.05) is 14.1 Å². The Morgan fingerprint density at radius 2 is 2.12 bits per heavy atom. The van der Waals surface area contributed by atoms with Crippen LogP contribution in [-0.4, -0.2) is 24.8 Å².